The molecule has 1 N–H and O–H groups in total. The van der Waals surface area contributed by atoms with Gasteiger partial charge in [-0.05, 0) is 46.7 Å². The van der Waals surface area contributed by atoms with Gasteiger partial charge in [0.1, 0.15) is 5.75 Å². The Labute approximate surface area is 135 Å². The van der Waals surface area contributed by atoms with E-state index in [0.29, 0.717) is 23.4 Å². The van der Waals surface area contributed by atoms with E-state index in [1.807, 2.05) is 0 Å². The first kappa shape index (κ1) is 15.7. The number of hydrogen-bond acceptors (Lipinski definition) is 5. The fraction of sp³-hybridized carbons (Fsp3) is 0.357. The largest absolute Gasteiger partial charge is 0.484 e. The summed E-state index contributed by atoms with van der Waals surface area (Å²) < 4.78 is 11.5. The van der Waals surface area contributed by atoms with E-state index in [4.69, 9.17) is 14.4 Å². The van der Waals surface area contributed by atoms with E-state index >= 15 is 0 Å². The van der Waals surface area contributed by atoms with Crippen LogP contribution >= 0.6 is 22.6 Å². The number of aromatic nitrogens is 2. The molecule has 0 aliphatic rings. The Morgan fingerprint density at radius 1 is 1.48 bits per heavy atom. The fourth-order valence-corrected chi connectivity index (χ4v) is 2.16. The van der Waals surface area contributed by atoms with E-state index < -0.39 is 5.97 Å². The third kappa shape index (κ3) is 4.42. The molecular weight excluding hydrogens is 387 g/mol. The molecular formula is C14H15IN2O4. The van der Waals surface area contributed by atoms with E-state index in [9.17, 15) is 4.79 Å². The standard InChI is InChI=1S/C14H15IN2O4/c1-8(2)5-13-16-12(17-21-13)7-20-11-6-9(14(18)19)3-4-10(11)15/h3-4,6,8H,5,7H2,1-2H3,(H,18,19). The zero-order chi connectivity index (χ0) is 15.4. The molecule has 1 aromatic heterocycles. The third-order valence-corrected chi connectivity index (χ3v) is 3.52. The van der Waals surface area contributed by atoms with Crippen LogP contribution in [-0.4, -0.2) is 21.2 Å². The minimum absolute atomic E-state index is 0.140. The average molecular weight is 402 g/mol. The summed E-state index contributed by atoms with van der Waals surface area (Å²) in [7, 11) is 0. The lowest BCUT2D eigenvalue weighted by atomic mass is 10.1. The molecule has 0 atom stereocenters. The van der Waals surface area contributed by atoms with Crippen molar-refractivity contribution in [3.63, 3.8) is 0 Å². The van der Waals surface area contributed by atoms with Crippen molar-refractivity contribution in [3.8, 4) is 5.75 Å². The minimum Gasteiger partial charge on any atom is -0.484 e. The number of aromatic carboxylic acids is 1. The fourth-order valence-electron chi connectivity index (χ4n) is 1.67. The van der Waals surface area contributed by atoms with Crippen LogP contribution in [0.5, 0.6) is 5.75 Å². The predicted molar refractivity (Wildman–Crippen MR) is 83.3 cm³/mol. The molecule has 1 aromatic carbocycles. The van der Waals surface area contributed by atoms with Gasteiger partial charge in [-0.25, -0.2) is 4.79 Å². The molecule has 112 valence electrons. The smallest absolute Gasteiger partial charge is 0.335 e. The Hall–Kier alpha value is -1.64. The van der Waals surface area contributed by atoms with Gasteiger partial charge in [-0.1, -0.05) is 19.0 Å². The number of rotatable bonds is 6. The molecule has 0 aliphatic heterocycles. The lowest BCUT2D eigenvalue weighted by molar-refractivity contribution is 0.0696. The van der Waals surface area contributed by atoms with Crippen LogP contribution in [0.2, 0.25) is 0 Å². The molecule has 6 nitrogen and oxygen atoms in total. The van der Waals surface area contributed by atoms with Gasteiger partial charge in [-0.15, -0.1) is 0 Å². The molecule has 0 aliphatic carbocycles. The van der Waals surface area contributed by atoms with E-state index in [1.165, 1.54) is 12.1 Å². The lowest BCUT2D eigenvalue weighted by Crippen LogP contribution is -2.02. The molecule has 7 heteroatoms. The molecule has 0 amide bonds. The lowest BCUT2D eigenvalue weighted by Gasteiger charge is -2.06. The maximum absolute atomic E-state index is 10.9. The van der Waals surface area contributed by atoms with E-state index in [0.717, 1.165) is 9.99 Å². The van der Waals surface area contributed by atoms with Gasteiger partial charge >= 0.3 is 5.97 Å². The molecule has 0 saturated carbocycles. The highest BCUT2D eigenvalue weighted by Gasteiger charge is 2.11. The van der Waals surface area contributed by atoms with Crippen LogP contribution in [0.25, 0.3) is 0 Å². The molecule has 0 radical (unpaired) electrons. The second-order valence-electron chi connectivity index (χ2n) is 4.94. The van der Waals surface area contributed by atoms with Gasteiger partial charge in [0.2, 0.25) is 11.7 Å². The van der Waals surface area contributed by atoms with Gasteiger partial charge in [-0.3, -0.25) is 0 Å². The van der Waals surface area contributed by atoms with Crippen molar-refractivity contribution in [2.24, 2.45) is 5.92 Å². The number of carbonyl (C=O) groups is 1. The van der Waals surface area contributed by atoms with Crippen molar-refractivity contribution in [3.05, 3.63) is 39.0 Å². The van der Waals surface area contributed by atoms with Crippen molar-refractivity contribution < 1.29 is 19.2 Å². The molecule has 0 saturated heterocycles. The van der Waals surface area contributed by atoms with Gasteiger partial charge in [0.25, 0.3) is 0 Å². The van der Waals surface area contributed by atoms with Crippen LogP contribution in [-0.2, 0) is 13.0 Å². The maximum atomic E-state index is 10.9. The Bertz CT molecular complexity index is 640. The van der Waals surface area contributed by atoms with Crippen molar-refractivity contribution in [1.29, 1.82) is 0 Å². The first-order valence-electron chi connectivity index (χ1n) is 6.43. The van der Waals surface area contributed by atoms with E-state index in [2.05, 4.69) is 46.6 Å². The van der Waals surface area contributed by atoms with Crippen LogP contribution in [0.1, 0.15) is 35.9 Å². The topological polar surface area (TPSA) is 85.5 Å². The number of halogens is 1. The molecule has 0 bridgehead atoms. The van der Waals surface area contributed by atoms with Crippen molar-refractivity contribution >= 4 is 28.6 Å². The quantitative estimate of drug-likeness (QED) is 0.748. The van der Waals surface area contributed by atoms with Crippen LogP contribution in [0.3, 0.4) is 0 Å². The van der Waals surface area contributed by atoms with Crippen LogP contribution in [0.4, 0.5) is 0 Å². The second-order valence-corrected chi connectivity index (χ2v) is 6.10. The molecule has 2 aromatic rings. The summed E-state index contributed by atoms with van der Waals surface area (Å²) in [6.07, 6.45) is 0.721. The van der Waals surface area contributed by atoms with E-state index in [-0.39, 0.29) is 12.2 Å². The highest BCUT2D eigenvalue weighted by atomic mass is 127. The monoisotopic (exact) mass is 402 g/mol. The van der Waals surface area contributed by atoms with Gasteiger partial charge in [-0.2, -0.15) is 4.98 Å². The Morgan fingerprint density at radius 2 is 2.24 bits per heavy atom. The third-order valence-electron chi connectivity index (χ3n) is 2.63. The zero-order valence-electron chi connectivity index (χ0n) is 11.7. The number of carboxylic acid groups (broad SMARTS) is 1. The minimum atomic E-state index is -0.991. The molecule has 0 fully saturated rings. The van der Waals surface area contributed by atoms with Crippen LogP contribution < -0.4 is 4.74 Å². The van der Waals surface area contributed by atoms with Gasteiger partial charge in [0, 0.05) is 6.42 Å². The van der Waals surface area contributed by atoms with E-state index in [1.54, 1.807) is 6.07 Å². The number of benzene rings is 1. The summed E-state index contributed by atoms with van der Waals surface area (Å²) >= 11 is 2.08. The van der Waals surface area contributed by atoms with Crippen LogP contribution in [0, 0.1) is 9.49 Å². The number of carboxylic acids is 1. The highest BCUT2D eigenvalue weighted by molar-refractivity contribution is 14.1. The second kappa shape index (κ2) is 6.88. The summed E-state index contributed by atoms with van der Waals surface area (Å²) in [6.45, 7) is 4.28. The first-order valence-corrected chi connectivity index (χ1v) is 7.50. The normalized spacial score (nSPS) is 10.9. The molecule has 2 rings (SSSR count). The summed E-state index contributed by atoms with van der Waals surface area (Å²) in [5.41, 5.74) is 0.180. The predicted octanol–water partition coefficient (Wildman–Crippen LogP) is 3.15. The number of hydrogen-bond donors (Lipinski definition) is 1. The van der Waals surface area contributed by atoms with Gasteiger partial charge in [0.05, 0.1) is 9.13 Å². The highest BCUT2D eigenvalue weighted by Crippen LogP contribution is 2.23. The van der Waals surface area contributed by atoms with Crippen molar-refractivity contribution in [2.75, 3.05) is 0 Å². The van der Waals surface area contributed by atoms with Gasteiger partial charge < -0.3 is 14.4 Å². The molecule has 1 heterocycles. The average Bonchev–Trinajstić information content (AvgIpc) is 2.84. The zero-order valence-corrected chi connectivity index (χ0v) is 13.8. The van der Waals surface area contributed by atoms with Crippen molar-refractivity contribution in [2.45, 2.75) is 26.9 Å². The Kier molecular flexibility index (Phi) is 5.16. The number of nitrogens with zero attached hydrogens (tertiary/aromatic N) is 2. The molecule has 0 unspecified atom stereocenters. The first-order chi connectivity index (χ1) is 9.95. The summed E-state index contributed by atoms with van der Waals surface area (Å²) in [5, 5.41) is 12.8. The Morgan fingerprint density at radius 3 is 2.90 bits per heavy atom. The maximum Gasteiger partial charge on any atom is 0.335 e. The van der Waals surface area contributed by atoms with Crippen LogP contribution in [0.15, 0.2) is 22.7 Å². The molecule has 0 spiro atoms. The Balaban J connectivity index is 2.04. The number of ether oxygens (including phenoxy) is 1. The summed E-state index contributed by atoms with van der Waals surface area (Å²) in [6, 6.07) is 4.71. The summed E-state index contributed by atoms with van der Waals surface area (Å²) in [5.74, 6) is 0.966. The van der Waals surface area contributed by atoms with Gasteiger partial charge in [0.15, 0.2) is 6.61 Å². The summed E-state index contributed by atoms with van der Waals surface area (Å²) in [4.78, 5) is 15.2. The molecule has 21 heavy (non-hydrogen) atoms. The SMILES string of the molecule is CC(C)Cc1nc(COc2cc(C(=O)O)ccc2I)no1. The van der Waals surface area contributed by atoms with Crippen molar-refractivity contribution in [1.82, 2.24) is 10.1 Å².